The summed E-state index contributed by atoms with van der Waals surface area (Å²) in [5, 5.41) is 12.9. The second-order valence-corrected chi connectivity index (χ2v) is 7.19. The molecule has 1 saturated heterocycles. The Morgan fingerprint density at radius 3 is 2.52 bits per heavy atom. The first kappa shape index (κ1) is 18.4. The van der Waals surface area contributed by atoms with E-state index in [1.807, 2.05) is 20.8 Å². The van der Waals surface area contributed by atoms with Gasteiger partial charge in [0.15, 0.2) is 0 Å². The molecule has 0 radical (unpaired) electrons. The quantitative estimate of drug-likeness (QED) is 0.723. The molecule has 0 aromatic carbocycles. The minimum Gasteiger partial charge on any atom is -0.480 e. The summed E-state index contributed by atoms with van der Waals surface area (Å²) >= 11 is 0. The Kier molecular flexibility index (Phi) is 7.14. The minimum absolute atomic E-state index is 0.192. The molecule has 3 unspecified atom stereocenters. The Morgan fingerprint density at radius 2 is 2.05 bits per heavy atom. The molecule has 21 heavy (non-hydrogen) atoms. The normalized spacial score (nSPS) is 26.8. The fourth-order valence-corrected chi connectivity index (χ4v) is 3.38. The van der Waals surface area contributed by atoms with Crippen molar-refractivity contribution in [2.24, 2.45) is 11.8 Å². The van der Waals surface area contributed by atoms with Gasteiger partial charge in [-0.3, -0.25) is 10.1 Å². The van der Waals surface area contributed by atoms with Gasteiger partial charge >= 0.3 is 5.97 Å². The molecule has 1 aliphatic rings. The Morgan fingerprint density at radius 1 is 1.38 bits per heavy atom. The minimum atomic E-state index is -0.761. The van der Waals surface area contributed by atoms with E-state index < -0.39 is 11.5 Å². The van der Waals surface area contributed by atoms with Gasteiger partial charge in [0.2, 0.25) is 0 Å². The highest BCUT2D eigenvalue weighted by atomic mass is 16.4. The van der Waals surface area contributed by atoms with Crippen molar-refractivity contribution in [1.29, 1.82) is 0 Å². The van der Waals surface area contributed by atoms with E-state index in [4.69, 9.17) is 0 Å². The summed E-state index contributed by atoms with van der Waals surface area (Å²) in [5.41, 5.74) is -0.761. The number of piperidine rings is 1. The maximum Gasteiger partial charge on any atom is 0.323 e. The van der Waals surface area contributed by atoms with Crippen LogP contribution in [0.4, 0.5) is 0 Å². The second kappa shape index (κ2) is 8.14. The smallest absolute Gasteiger partial charge is 0.323 e. The van der Waals surface area contributed by atoms with Crippen LogP contribution in [0.3, 0.4) is 0 Å². The molecule has 0 spiro atoms. The average molecular weight is 298 g/mol. The molecule has 3 atom stereocenters. The van der Waals surface area contributed by atoms with Gasteiger partial charge in [-0.25, -0.2) is 0 Å². The Bertz CT molecular complexity index is 333. The molecule has 0 saturated carbocycles. The lowest BCUT2D eigenvalue weighted by molar-refractivity contribution is -0.146. The molecule has 2 N–H and O–H groups in total. The van der Waals surface area contributed by atoms with E-state index in [1.165, 1.54) is 6.42 Å². The maximum absolute atomic E-state index is 11.7. The molecular weight excluding hydrogens is 264 g/mol. The lowest BCUT2D eigenvalue weighted by Gasteiger charge is -2.36. The van der Waals surface area contributed by atoms with Gasteiger partial charge in [-0.1, -0.05) is 20.8 Å². The number of nitrogens with one attached hydrogen (secondary N) is 1. The Balaban J connectivity index is 2.48. The number of rotatable bonds is 8. The Labute approximate surface area is 130 Å². The number of hydrogen-bond donors (Lipinski definition) is 2. The number of carbonyl (C=O) groups is 1. The van der Waals surface area contributed by atoms with Gasteiger partial charge in [0.05, 0.1) is 0 Å². The topological polar surface area (TPSA) is 52.6 Å². The third-order valence-corrected chi connectivity index (χ3v) is 5.07. The number of nitrogens with zero attached hydrogens (tertiary/aromatic N) is 1. The van der Waals surface area contributed by atoms with Gasteiger partial charge in [0.1, 0.15) is 5.54 Å². The van der Waals surface area contributed by atoms with Gasteiger partial charge in [-0.15, -0.1) is 0 Å². The lowest BCUT2D eigenvalue weighted by atomic mass is 9.87. The summed E-state index contributed by atoms with van der Waals surface area (Å²) in [4.78, 5) is 14.2. The number of carboxylic acid groups (broad SMARTS) is 1. The molecule has 0 amide bonds. The highest BCUT2D eigenvalue weighted by Gasteiger charge is 2.36. The van der Waals surface area contributed by atoms with Gasteiger partial charge < -0.3 is 10.0 Å². The van der Waals surface area contributed by atoms with Crippen LogP contribution in [-0.4, -0.2) is 47.2 Å². The van der Waals surface area contributed by atoms with E-state index in [9.17, 15) is 9.90 Å². The Hall–Kier alpha value is -0.610. The molecule has 4 heteroatoms. The number of aliphatic carboxylic acids is 1. The highest BCUT2D eigenvalue weighted by molar-refractivity contribution is 5.78. The molecule has 0 bridgehead atoms. The van der Waals surface area contributed by atoms with Crippen molar-refractivity contribution >= 4 is 5.97 Å². The monoisotopic (exact) mass is 298 g/mol. The van der Waals surface area contributed by atoms with Crippen LogP contribution in [0.5, 0.6) is 0 Å². The first-order valence-electron chi connectivity index (χ1n) is 8.54. The van der Waals surface area contributed by atoms with Crippen LogP contribution in [0, 0.1) is 11.8 Å². The van der Waals surface area contributed by atoms with Crippen molar-refractivity contribution in [3.05, 3.63) is 0 Å². The van der Waals surface area contributed by atoms with Crippen molar-refractivity contribution in [1.82, 2.24) is 10.2 Å². The summed E-state index contributed by atoms with van der Waals surface area (Å²) in [6, 6.07) is 0.192. The highest BCUT2D eigenvalue weighted by Crippen LogP contribution is 2.24. The first-order valence-corrected chi connectivity index (χ1v) is 8.54. The van der Waals surface area contributed by atoms with Crippen LogP contribution in [-0.2, 0) is 4.79 Å². The summed E-state index contributed by atoms with van der Waals surface area (Å²) < 4.78 is 0. The number of hydrogen-bond acceptors (Lipinski definition) is 3. The van der Waals surface area contributed by atoms with E-state index in [1.54, 1.807) is 0 Å². The van der Waals surface area contributed by atoms with Crippen LogP contribution in [0.25, 0.3) is 0 Å². The molecule has 0 aromatic heterocycles. The molecule has 4 nitrogen and oxygen atoms in total. The van der Waals surface area contributed by atoms with Gasteiger partial charge in [0.25, 0.3) is 0 Å². The zero-order chi connectivity index (χ0) is 16.0. The predicted molar refractivity (Wildman–Crippen MR) is 87.5 cm³/mol. The van der Waals surface area contributed by atoms with Gasteiger partial charge in [0, 0.05) is 12.6 Å². The summed E-state index contributed by atoms with van der Waals surface area (Å²) in [7, 11) is 0. The summed E-state index contributed by atoms with van der Waals surface area (Å²) in [5.74, 6) is 0.861. The number of carboxylic acids is 1. The lowest BCUT2D eigenvalue weighted by Crippen LogP contribution is -2.54. The van der Waals surface area contributed by atoms with Crippen molar-refractivity contribution in [3.8, 4) is 0 Å². The molecule has 0 aromatic rings. The van der Waals surface area contributed by atoms with Crippen molar-refractivity contribution in [2.45, 2.75) is 71.9 Å². The summed E-state index contributed by atoms with van der Waals surface area (Å²) in [6.07, 6.45) is 3.55. The van der Waals surface area contributed by atoms with Crippen molar-refractivity contribution in [2.75, 3.05) is 19.6 Å². The summed E-state index contributed by atoms with van der Waals surface area (Å²) in [6.45, 7) is 14.0. The molecule has 1 fully saturated rings. The van der Waals surface area contributed by atoms with Crippen LogP contribution < -0.4 is 5.32 Å². The van der Waals surface area contributed by atoms with E-state index in [0.717, 1.165) is 37.9 Å². The van der Waals surface area contributed by atoms with Gasteiger partial charge in [-0.05, 0) is 64.5 Å². The average Bonchev–Trinajstić information content (AvgIpc) is 2.40. The third kappa shape index (κ3) is 5.26. The molecule has 1 aliphatic heterocycles. The van der Waals surface area contributed by atoms with Crippen LogP contribution >= 0.6 is 0 Å². The molecular formula is C17H34N2O2. The fourth-order valence-electron chi connectivity index (χ4n) is 3.38. The van der Waals surface area contributed by atoms with Crippen molar-refractivity contribution < 1.29 is 9.90 Å². The molecule has 124 valence electrons. The zero-order valence-electron chi connectivity index (χ0n) is 14.5. The number of likely N-dealkylation sites (tertiary alicyclic amines) is 1. The van der Waals surface area contributed by atoms with E-state index in [-0.39, 0.29) is 6.04 Å². The fraction of sp³-hybridized carbons (Fsp3) is 0.941. The van der Waals surface area contributed by atoms with Crippen LogP contribution in [0.15, 0.2) is 0 Å². The second-order valence-electron chi connectivity index (χ2n) is 7.19. The van der Waals surface area contributed by atoms with Crippen LogP contribution in [0.2, 0.25) is 0 Å². The SMILES string of the molecule is CCC(CCCN1CCC(C)C(C)C1)(NC(C)C)C(=O)O. The van der Waals surface area contributed by atoms with E-state index in [2.05, 4.69) is 24.1 Å². The molecule has 1 rings (SSSR count). The maximum atomic E-state index is 11.7. The third-order valence-electron chi connectivity index (χ3n) is 5.07. The van der Waals surface area contributed by atoms with E-state index in [0.29, 0.717) is 12.8 Å². The standard InChI is InChI=1S/C17H34N2O2/c1-6-17(16(20)21,18-13(2)3)9-7-10-19-11-8-14(4)15(5)12-19/h13-15,18H,6-12H2,1-5H3,(H,20,21). The zero-order valence-corrected chi connectivity index (χ0v) is 14.5. The largest absolute Gasteiger partial charge is 0.480 e. The first-order chi connectivity index (χ1) is 9.80. The van der Waals surface area contributed by atoms with Gasteiger partial charge in [-0.2, -0.15) is 0 Å². The molecule has 1 heterocycles. The van der Waals surface area contributed by atoms with E-state index >= 15 is 0 Å². The molecule has 0 aliphatic carbocycles. The van der Waals surface area contributed by atoms with Crippen molar-refractivity contribution in [3.63, 3.8) is 0 Å². The van der Waals surface area contributed by atoms with Crippen LogP contribution in [0.1, 0.15) is 60.3 Å². The predicted octanol–water partition coefficient (Wildman–Crippen LogP) is 2.98.